The highest BCUT2D eigenvalue weighted by Gasteiger charge is 2.26. The minimum Gasteiger partial charge on any atom is -0.372 e. The molecule has 0 aromatic heterocycles. The van der Waals surface area contributed by atoms with Crippen molar-refractivity contribution in [1.82, 2.24) is 15.5 Å². The molecule has 2 heterocycles. The van der Waals surface area contributed by atoms with E-state index in [2.05, 4.69) is 10.6 Å². The second-order valence-corrected chi connectivity index (χ2v) is 7.03. The smallest absolute Gasteiger partial charge is 0.254 e. The maximum absolute atomic E-state index is 12.6. The van der Waals surface area contributed by atoms with Gasteiger partial charge in [-0.3, -0.25) is 9.59 Å². The molecule has 2 N–H and O–H groups in total. The summed E-state index contributed by atoms with van der Waals surface area (Å²) in [6.45, 7) is 6.61. The van der Waals surface area contributed by atoms with Gasteiger partial charge in [-0.2, -0.15) is 0 Å². The van der Waals surface area contributed by atoms with Crippen molar-refractivity contribution in [2.45, 2.75) is 51.5 Å². The molecule has 0 spiro atoms. The number of ether oxygens (including phenoxy) is 1. The van der Waals surface area contributed by atoms with E-state index in [4.69, 9.17) is 4.74 Å². The van der Waals surface area contributed by atoms with Gasteiger partial charge in [0, 0.05) is 25.2 Å². The summed E-state index contributed by atoms with van der Waals surface area (Å²) in [5.74, 6) is 0.0849. The van der Waals surface area contributed by atoms with Crippen LogP contribution in [0.5, 0.6) is 0 Å². The quantitative estimate of drug-likeness (QED) is 0.833. The Morgan fingerprint density at radius 3 is 2.42 bits per heavy atom. The number of hydrogen-bond acceptors (Lipinski definition) is 4. The highest BCUT2D eigenvalue weighted by atomic mass is 35.5. The predicted octanol–water partition coefficient (Wildman–Crippen LogP) is 1.73. The number of hydrogen-bond donors (Lipinski definition) is 2. The van der Waals surface area contributed by atoms with E-state index < -0.39 is 0 Å². The van der Waals surface area contributed by atoms with Gasteiger partial charge >= 0.3 is 0 Å². The fourth-order valence-electron chi connectivity index (χ4n) is 3.51. The van der Waals surface area contributed by atoms with E-state index in [-0.39, 0.29) is 42.5 Å². The third kappa shape index (κ3) is 5.19. The molecule has 2 aliphatic rings. The number of benzene rings is 1. The van der Waals surface area contributed by atoms with Crippen molar-refractivity contribution >= 4 is 24.2 Å². The van der Waals surface area contributed by atoms with E-state index in [1.807, 2.05) is 43.0 Å². The van der Waals surface area contributed by atoms with Crippen LogP contribution in [0.1, 0.15) is 42.6 Å². The Labute approximate surface area is 161 Å². The van der Waals surface area contributed by atoms with Crippen molar-refractivity contribution in [2.24, 2.45) is 0 Å². The number of nitrogens with one attached hydrogen (secondary N) is 2. The largest absolute Gasteiger partial charge is 0.372 e. The van der Waals surface area contributed by atoms with Crippen molar-refractivity contribution in [3.8, 4) is 0 Å². The Bertz CT molecular complexity index is 607. The highest BCUT2D eigenvalue weighted by Crippen LogP contribution is 2.15. The van der Waals surface area contributed by atoms with E-state index in [1.54, 1.807) is 0 Å². The van der Waals surface area contributed by atoms with Crippen LogP contribution in [0.15, 0.2) is 24.3 Å². The van der Waals surface area contributed by atoms with Crippen LogP contribution in [0.3, 0.4) is 0 Å². The lowest BCUT2D eigenvalue weighted by molar-refractivity contribution is -0.122. The minimum absolute atomic E-state index is 0. The van der Waals surface area contributed by atoms with Crippen molar-refractivity contribution in [3.63, 3.8) is 0 Å². The number of halogens is 1. The average Bonchev–Trinajstić information content (AvgIpc) is 3.13. The Morgan fingerprint density at radius 1 is 1.19 bits per heavy atom. The molecule has 6 nitrogen and oxygen atoms in total. The molecule has 3 atom stereocenters. The maximum Gasteiger partial charge on any atom is 0.254 e. The molecule has 2 aliphatic heterocycles. The standard InChI is InChI=1S/C19H27N3O3.ClH/c1-13-11-22(12-14(2)25-13)19(24)16-7-5-15(6-8-16)10-21-18(23)17-4-3-9-20-17;/h5-8,13-14,17,20H,3-4,9-12H2,1-2H3,(H,21,23);1H. The van der Waals surface area contributed by atoms with Gasteiger partial charge in [0.2, 0.25) is 5.91 Å². The number of amides is 2. The molecule has 1 aromatic carbocycles. The minimum atomic E-state index is -0.0637. The fraction of sp³-hybridized carbons (Fsp3) is 0.579. The molecule has 2 fully saturated rings. The molecular weight excluding hydrogens is 354 g/mol. The number of carbonyl (C=O) groups is 2. The molecule has 0 aliphatic carbocycles. The van der Waals surface area contributed by atoms with E-state index in [0.717, 1.165) is 24.9 Å². The van der Waals surface area contributed by atoms with Crippen LogP contribution in [0.2, 0.25) is 0 Å². The Kier molecular flexibility index (Phi) is 7.43. The molecule has 3 rings (SSSR count). The second kappa shape index (κ2) is 9.35. The van der Waals surface area contributed by atoms with Crippen molar-refractivity contribution in [2.75, 3.05) is 19.6 Å². The van der Waals surface area contributed by atoms with Crippen LogP contribution in [0.25, 0.3) is 0 Å². The molecule has 7 heteroatoms. The normalized spacial score (nSPS) is 25.5. The average molecular weight is 382 g/mol. The highest BCUT2D eigenvalue weighted by molar-refractivity contribution is 5.94. The van der Waals surface area contributed by atoms with Gasteiger partial charge in [0.25, 0.3) is 5.91 Å². The zero-order valence-electron chi connectivity index (χ0n) is 15.4. The zero-order chi connectivity index (χ0) is 17.8. The molecule has 2 saturated heterocycles. The summed E-state index contributed by atoms with van der Waals surface area (Å²) in [5, 5.41) is 6.14. The third-order valence-corrected chi connectivity index (χ3v) is 4.75. The molecule has 3 unspecified atom stereocenters. The predicted molar refractivity (Wildman–Crippen MR) is 102 cm³/mol. The van der Waals surface area contributed by atoms with Crippen molar-refractivity contribution < 1.29 is 14.3 Å². The molecule has 2 amide bonds. The van der Waals surface area contributed by atoms with Gasteiger partial charge in [0.05, 0.1) is 18.2 Å². The maximum atomic E-state index is 12.6. The fourth-order valence-corrected chi connectivity index (χ4v) is 3.51. The lowest BCUT2D eigenvalue weighted by Gasteiger charge is -2.35. The van der Waals surface area contributed by atoms with Gasteiger partial charge < -0.3 is 20.3 Å². The number of rotatable bonds is 4. The van der Waals surface area contributed by atoms with Gasteiger partial charge in [-0.15, -0.1) is 12.4 Å². The molecule has 0 saturated carbocycles. The first kappa shape index (κ1) is 20.7. The Balaban J connectivity index is 0.00000243. The summed E-state index contributed by atoms with van der Waals surface area (Å²) in [6.07, 6.45) is 2.07. The lowest BCUT2D eigenvalue weighted by atomic mass is 10.1. The van der Waals surface area contributed by atoms with Crippen molar-refractivity contribution in [3.05, 3.63) is 35.4 Å². The third-order valence-electron chi connectivity index (χ3n) is 4.75. The molecule has 1 aromatic rings. The van der Waals surface area contributed by atoms with Crippen LogP contribution in [-0.4, -0.2) is 54.6 Å². The van der Waals surface area contributed by atoms with Crippen LogP contribution < -0.4 is 10.6 Å². The van der Waals surface area contributed by atoms with Gasteiger partial charge in [-0.25, -0.2) is 0 Å². The second-order valence-electron chi connectivity index (χ2n) is 7.03. The van der Waals surface area contributed by atoms with Crippen LogP contribution in [-0.2, 0) is 16.1 Å². The summed E-state index contributed by atoms with van der Waals surface area (Å²) in [7, 11) is 0. The number of nitrogens with zero attached hydrogens (tertiary/aromatic N) is 1. The Hall–Kier alpha value is -1.63. The van der Waals surface area contributed by atoms with Gasteiger partial charge in [-0.1, -0.05) is 12.1 Å². The molecule has 0 radical (unpaired) electrons. The monoisotopic (exact) mass is 381 g/mol. The summed E-state index contributed by atoms with van der Waals surface area (Å²) < 4.78 is 5.68. The van der Waals surface area contributed by atoms with Crippen LogP contribution in [0, 0.1) is 0 Å². The first-order valence-electron chi connectivity index (χ1n) is 9.07. The number of carbonyl (C=O) groups excluding carboxylic acids is 2. The van der Waals surface area contributed by atoms with E-state index in [0.29, 0.717) is 25.2 Å². The van der Waals surface area contributed by atoms with E-state index in [9.17, 15) is 9.59 Å². The van der Waals surface area contributed by atoms with Crippen LogP contribution >= 0.6 is 12.4 Å². The van der Waals surface area contributed by atoms with Crippen LogP contribution in [0.4, 0.5) is 0 Å². The first-order chi connectivity index (χ1) is 12.0. The van der Waals surface area contributed by atoms with E-state index in [1.165, 1.54) is 0 Å². The SMILES string of the molecule is CC1CN(C(=O)c2ccc(CNC(=O)C3CCCN3)cc2)CC(C)O1.Cl. The molecule has 26 heavy (non-hydrogen) atoms. The summed E-state index contributed by atoms with van der Waals surface area (Å²) >= 11 is 0. The summed E-state index contributed by atoms with van der Waals surface area (Å²) in [5.41, 5.74) is 1.67. The molecular formula is C19H28ClN3O3. The van der Waals surface area contributed by atoms with Gasteiger partial charge in [0.1, 0.15) is 0 Å². The molecule has 144 valence electrons. The van der Waals surface area contributed by atoms with E-state index >= 15 is 0 Å². The lowest BCUT2D eigenvalue weighted by Crippen LogP contribution is -2.48. The summed E-state index contributed by atoms with van der Waals surface area (Å²) in [6, 6.07) is 7.42. The van der Waals surface area contributed by atoms with Crippen molar-refractivity contribution in [1.29, 1.82) is 0 Å². The molecule has 0 bridgehead atoms. The summed E-state index contributed by atoms with van der Waals surface area (Å²) in [4.78, 5) is 26.5. The van der Waals surface area contributed by atoms with Gasteiger partial charge in [-0.05, 0) is 50.9 Å². The van der Waals surface area contributed by atoms with Gasteiger partial charge in [0.15, 0.2) is 0 Å². The zero-order valence-corrected chi connectivity index (χ0v) is 16.2. The topological polar surface area (TPSA) is 70.7 Å². The number of morpholine rings is 1. The Morgan fingerprint density at radius 2 is 1.85 bits per heavy atom. The first-order valence-corrected chi connectivity index (χ1v) is 9.07.